The van der Waals surface area contributed by atoms with E-state index >= 15 is 0 Å². The zero-order valence-corrected chi connectivity index (χ0v) is 15.8. The third kappa shape index (κ3) is 4.50. The minimum absolute atomic E-state index is 0.718. The van der Waals surface area contributed by atoms with Crippen LogP contribution in [0.3, 0.4) is 0 Å². The fourth-order valence-corrected chi connectivity index (χ4v) is 3.46. The summed E-state index contributed by atoms with van der Waals surface area (Å²) in [6, 6.07) is 17.7. The number of nitrogens with one attached hydrogen (secondary N) is 1. The van der Waals surface area contributed by atoms with E-state index in [-0.39, 0.29) is 0 Å². The monoisotopic (exact) mass is 345 g/mol. The van der Waals surface area contributed by atoms with Crippen molar-refractivity contribution >= 4 is 10.9 Å². The van der Waals surface area contributed by atoms with E-state index in [9.17, 15) is 0 Å². The normalized spacial score (nSPS) is 11.2. The van der Waals surface area contributed by atoms with Gasteiger partial charge >= 0.3 is 0 Å². The lowest BCUT2D eigenvalue weighted by molar-refractivity contribution is 0.667. The van der Waals surface area contributed by atoms with E-state index < -0.39 is 0 Å². The van der Waals surface area contributed by atoms with E-state index in [1.54, 1.807) is 0 Å². The van der Waals surface area contributed by atoms with Crippen LogP contribution >= 0.6 is 0 Å². The van der Waals surface area contributed by atoms with Gasteiger partial charge in [-0.25, -0.2) is 0 Å². The number of benzene rings is 2. The summed E-state index contributed by atoms with van der Waals surface area (Å²) in [5.74, 6) is 0. The second kappa shape index (κ2) is 9.49. The lowest BCUT2D eigenvalue weighted by Gasteiger charge is -2.12. The van der Waals surface area contributed by atoms with Crippen LogP contribution in [0.1, 0.15) is 43.7 Å². The molecule has 1 aromatic heterocycles. The molecule has 0 saturated carbocycles. The molecule has 1 radical (unpaired) electrons. The van der Waals surface area contributed by atoms with Crippen molar-refractivity contribution in [2.45, 2.75) is 45.6 Å². The number of aromatic nitrogens is 1. The standard InChI is InChI=1S/C24H29N2/c1-3-5-6-7-9-19-11-13-20(14-12-19)22-16-15-21(18-25-4-2)24-23(22)10-8-17-26-24/h8,10-17,25H,2-7,9,18H2,1H3. The van der Waals surface area contributed by atoms with Gasteiger partial charge in [0, 0.05) is 18.1 Å². The number of unbranched alkanes of at least 4 members (excludes halogenated alkanes) is 3. The maximum absolute atomic E-state index is 4.64. The fraction of sp³-hybridized carbons (Fsp3) is 0.333. The minimum atomic E-state index is 0.718. The van der Waals surface area contributed by atoms with E-state index in [1.807, 2.05) is 12.3 Å². The molecule has 2 heteroatoms. The highest BCUT2D eigenvalue weighted by Crippen LogP contribution is 2.30. The molecular formula is C24H29N2. The molecule has 2 nitrogen and oxygen atoms in total. The molecule has 0 aliphatic rings. The highest BCUT2D eigenvalue weighted by atomic mass is 14.8. The molecule has 1 heterocycles. The first-order valence-corrected chi connectivity index (χ1v) is 9.79. The van der Waals surface area contributed by atoms with Gasteiger partial charge < -0.3 is 5.32 Å². The van der Waals surface area contributed by atoms with Crippen LogP contribution in [-0.2, 0) is 13.0 Å². The summed E-state index contributed by atoms with van der Waals surface area (Å²) in [6.07, 6.45) is 8.30. The molecule has 3 aromatic rings. The van der Waals surface area contributed by atoms with Gasteiger partial charge in [0.05, 0.1) is 5.52 Å². The lowest BCUT2D eigenvalue weighted by Crippen LogP contribution is -2.12. The van der Waals surface area contributed by atoms with Gasteiger partial charge in [-0.2, -0.15) is 0 Å². The number of pyridine rings is 1. The van der Waals surface area contributed by atoms with Crippen molar-refractivity contribution in [3.8, 4) is 11.1 Å². The molecule has 0 bridgehead atoms. The molecule has 0 aliphatic carbocycles. The van der Waals surface area contributed by atoms with Crippen LogP contribution in [0.5, 0.6) is 0 Å². The van der Waals surface area contributed by atoms with E-state index in [2.05, 4.69) is 66.6 Å². The highest BCUT2D eigenvalue weighted by Gasteiger charge is 2.08. The van der Waals surface area contributed by atoms with Crippen molar-refractivity contribution in [3.63, 3.8) is 0 Å². The summed E-state index contributed by atoms with van der Waals surface area (Å²) in [7, 11) is 0. The number of hydrogen-bond donors (Lipinski definition) is 1. The summed E-state index contributed by atoms with van der Waals surface area (Å²) < 4.78 is 0. The number of nitrogens with zero attached hydrogens (tertiary/aromatic N) is 1. The third-order valence-corrected chi connectivity index (χ3v) is 4.93. The molecule has 26 heavy (non-hydrogen) atoms. The Labute approximate surface area is 157 Å². The van der Waals surface area contributed by atoms with Gasteiger partial charge in [-0.15, -0.1) is 0 Å². The fourth-order valence-electron chi connectivity index (χ4n) is 3.46. The lowest BCUT2D eigenvalue weighted by atomic mass is 9.96. The summed E-state index contributed by atoms with van der Waals surface area (Å²) in [6.45, 7) is 7.63. The average molecular weight is 346 g/mol. The van der Waals surface area contributed by atoms with Gasteiger partial charge in [-0.1, -0.05) is 68.7 Å². The molecule has 1 N–H and O–H groups in total. The number of aryl methyl sites for hydroxylation is 1. The maximum Gasteiger partial charge on any atom is 0.0753 e. The van der Waals surface area contributed by atoms with E-state index in [0.29, 0.717) is 0 Å². The van der Waals surface area contributed by atoms with Gasteiger partial charge in [0.1, 0.15) is 0 Å². The van der Waals surface area contributed by atoms with Crippen molar-refractivity contribution in [1.29, 1.82) is 0 Å². The van der Waals surface area contributed by atoms with Crippen LogP contribution in [0.4, 0.5) is 0 Å². The van der Waals surface area contributed by atoms with Gasteiger partial charge in [0.15, 0.2) is 0 Å². The smallest absolute Gasteiger partial charge is 0.0753 e. The zero-order chi connectivity index (χ0) is 18.2. The quantitative estimate of drug-likeness (QED) is 0.485. The molecule has 0 fully saturated rings. The predicted octanol–water partition coefficient (Wildman–Crippen LogP) is 5.95. The predicted molar refractivity (Wildman–Crippen MR) is 112 cm³/mol. The molecule has 0 aliphatic heterocycles. The minimum Gasteiger partial charge on any atom is -0.313 e. The van der Waals surface area contributed by atoms with Crippen LogP contribution < -0.4 is 5.32 Å². The van der Waals surface area contributed by atoms with Crippen LogP contribution in [0.2, 0.25) is 0 Å². The Kier molecular flexibility index (Phi) is 6.79. The van der Waals surface area contributed by atoms with Gasteiger partial charge in [0.2, 0.25) is 0 Å². The Morgan fingerprint density at radius 1 is 0.962 bits per heavy atom. The van der Waals surface area contributed by atoms with Crippen molar-refractivity contribution < 1.29 is 0 Å². The summed E-state index contributed by atoms with van der Waals surface area (Å²) in [5, 5.41) is 4.52. The maximum atomic E-state index is 4.64. The molecule has 0 atom stereocenters. The SMILES string of the molecule is [CH2]CNCc1ccc(-c2ccc(CCCCCC)cc2)c2cccnc12. The Morgan fingerprint density at radius 3 is 2.58 bits per heavy atom. The Morgan fingerprint density at radius 2 is 1.81 bits per heavy atom. The topological polar surface area (TPSA) is 24.9 Å². The van der Waals surface area contributed by atoms with Crippen LogP contribution in [0.25, 0.3) is 22.0 Å². The number of rotatable bonds is 9. The van der Waals surface area contributed by atoms with Gasteiger partial charge in [0.25, 0.3) is 0 Å². The summed E-state index contributed by atoms with van der Waals surface area (Å²) >= 11 is 0. The number of fused-ring (bicyclic) bond motifs is 1. The zero-order valence-electron chi connectivity index (χ0n) is 15.8. The van der Waals surface area contributed by atoms with E-state index in [0.717, 1.165) is 18.6 Å². The highest BCUT2D eigenvalue weighted by molar-refractivity contribution is 5.96. The number of hydrogen-bond acceptors (Lipinski definition) is 2. The molecule has 0 amide bonds. The molecule has 135 valence electrons. The Hall–Kier alpha value is -2.19. The van der Waals surface area contributed by atoms with Crippen molar-refractivity contribution in [1.82, 2.24) is 10.3 Å². The Bertz CT molecular complexity index is 821. The van der Waals surface area contributed by atoms with Gasteiger partial charge in [-0.3, -0.25) is 4.98 Å². The van der Waals surface area contributed by atoms with Crippen molar-refractivity contribution in [2.75, 3.05) is 6.54 Å². The van der Waals surface area contributed by atoms with Gasteiger partial charge in [-0.05, 0) is 54.6 Å². The molecule has 0 spiro atoms. The molecule has 0 unspecified atom stereocenters. The average Bonchev–Trinajstić information content (AvgIpc) is 2.70. The van der Waals surface area contributed by atoms with Crippen LogP contribution in [0.15, 0.2) is 54.7 Å². The van der Waals surface area contributed by atoms with Crippen LogP contribution in [-0.4, -0.2) is 11.5 Å². The second-order valence-corrected chi connectivity index (χ2v) is 6.86. The van der Waals surface area contributed by atoms with E-state index in [4.69, 9.17) is 0 Å². The van der Waals surface area contributed by atoms with Crippen LogP contribution in [0, 0.1) is 6.92 Å². The first-order chi connectivity index (χ1) is 12.8. The summed E-state index contributed by atoms with van der Waals surface area (Å²) in [4.78, 5) is 4.64. The second-order valence-electron chi connectivity index (χ2n) is 6.86. The summed E-state index contributed by atoms with van der Waals surface area (Å²) in [5.41, 5.74) is 6.25. The first-order valence-electron chi connectivity index (χ1n) is 9.79. The molecule has 3 rings (SSSR count). The molecule has 0 saturated heterocycles. The Balaban J connectivity index is 1.84. The first kappa shape index (κ1) is 18.6. The van der Waals surface area contributed by atoms with Crippen molar-refractivity contribution in [2.24, 2.45) is 0 Å². The molecular weight excluding hydrogens is 316 g/mol. The largest absolute Gasteiger partial charge is 0.313 e. The van der Waals surface area contributed by atoms with E-state index in [1.165, 1.54) is 59.7 Å². The van der Waals surface area contributed by atoms with Crippen molar-refractivity contribution in [3.05, 3.63) is 72.8 Å². The molecule has 2 aromatic carbocycles. The third-order valence-electron chi connectivity index (χ3n) is 4.93.